The van der Waals surface area contributed by atoms with Crippen molar-refractivity contribution in [3.63, 3.8) is 0 Å². The molecule has 0 unspecified atom stereocenters. The molecule has 0 heterocycles. The van der Waals surface area contributed by atoms with Gasteiger partial charge in [0.15, 0.2) is 0 Å². The lowest BCUT2D eigenvalue weighted by Gasteiger charge is -2.13. The molecule has 0 aliphatic carbocycles. The van der Waals surface area contributed by atoms with E-state index in [9.17, 15) is 13.9 Å². The Kier molecular flexibility index (Phi) is 5.54. The first-order valence-electron chi connectivity index (χ1n) is 4.36. The Morgan fingerprint density at radius 1 is 1.47 bits per heavy atom. The van der Waals surface area contributed by atoms with Gasteiger partial charge in [0, 0.05) is 11.6 Å². The molecule has 0 aliphatic heterocycles. The Balaban J connectivity index is 0.00000196. The molecule has 5 heteroatoms. The van der Waals surface area contributed by atoms with Crippen LogP contribution in [0.5, 0.6) is 5.75 Å². The van der Waals surface area contributed by atoms with Crippen LogP contribution in [-0.4, -0.2) is 11.8 Å². The van der Waals surface area contributed by atoms with E-state index < -0.39 is 18.5 Å². The van der Waals surface area contributed by atoms with E-state index in [0.29, 0.717) is 5.56 Å². The molecule has 0 radical (unpaired) electrons. The third-order valence-electron chi connectivity index (χ3n) is 2.11. The van der Waals surface area contributed by atoms with E-state index in [1.54, 1.807) is 6.92 Å². The molecule has 1 aromatic rings. The molecule has 3 N–H and O–H groups in total. The molecule has 1 atom stereocenters. The maximum atomic E-state index is 12.9. The number of nitrogens with two attached hydrogens (primary N) is 1. The summed E-state index contributed by atoms with van der Waals surface area (Å²) in [6.07, 6.45) is 0.0798. The van der Waals surface area contributed by atoms with Crippen molar-refractivity contribution in [2.24, 2.45) is 5.73 Å². The second-order valence-electron chi connectivity index (χ2n) is 3.24. The normalized spacial score (nSPS) is 12.0. The Labute approximate surface area is 93.5 Å². The molecule has 0 saturated heterocycles. The first-order valence-corrected chi connectivity index (χ1v) is 4.36. The van der Waals surface area contributed by atoms with Gasteiger partial charge >= 0.3 is 0 Å². The van der Waals surface area contributed by atoms with Crippen LogP contribution in [0.25, 0.3) is 0 Å². The Bertz CT molecular complexity index is 333. The zero-order valence-electron chi connectivity index (χ0n) is 8.34. The molecule has 0 amide bonds. The molecule has 86 valence electrons. The van der Waals surface area contributed by atoms with Crippen LogP contribution in [0.1, 0.15) is 23.6 Å². The van der Waals surface area contributed by atoms with Crippen molar-refractivity contribution in [2.45, 2.75) is 19.4 Å². The van der Waals surface area contributed by atoms with Gasteiger partial charge in [0.05, 0.1) is 6.67 Å². The van der Waals surface area contributed by atoms with E-state index in [1.165, 1.54) is 6.07 Å². The van der Waals surface area contributed by atoms with E-state index in [1.807, 2.05) is 0 Å². The Hall–Kier alpha value is -0.870. The summed E-state index contributed by atoms with van der Waals surface area (Å²) in [5.74, 6) is -0.517. The zero-order chi connectivity index (χ0) is 10.7. The van der Waals surface area contributed by atoms with Gasteiger partial charge in [-0.05, 0) is 31.0 Å². The highest BCUT2D eigenvalue weighted by molar-refractivity contribution is 5.85. The summed E-state index contributed by atoms with van der Waals surface area (Å²) in [7, 11) is 0. The topological polar surface area (TPSA) is 46.2 Å². The third kappa shape index (κ3) is 3.32. The van der Waals surface area contributed by atoms with Crippen LogP contribution in [0.2, 0.25) is 0 Å². The largest absolute Gasteiger partial charge is 0.507 e. The lowest BCUT2D eigenvalue weighted by molar-refractivity contribution is 0.420. The van der Waals surface area contributed by atoms with Crippen molar-refractivity contribution < 1.29 is 13.9 Å². The van der Waals surface area contributed by atoms with Gasteiger partial charge in [0.2, 0.25) is 0 Å². The molecule has 0 aliphatic rings. The number of aryl methyl sites for hydroxylation is 1. The summed E-state index contributed by atoms with van der Waals surface area (Å²) in [5, 5.41) is 9.55. The van der Waals surface area contributed by atoms with Gasteiger partial charge in [-0.1, -0.05) is 0 Å². The van der Waals surface area contributed by atoms with Crippen molar-refractivity contribution in [3.05, 3.63) is 29.1 Å². The van der Waals surface area contributed by atoms with Crippen LogP contribution in [0.4, 0.5) is 8.78 Å². The molecule has 0 spiro atoms. The van der Waals surface area contributed by atoms with Crippen LogP contribution in [0.3, 0.4) is 0 Å². The predicted octanol–water partition coefficient (Wildman–Crippen LogP) is 2.62. The van der Waals surface area contributed by atoms with E-state index in [4.69, 9.17) is 5.73 Å². The average Bonchev–Trinajstić information content (AvgIpc) is 2.11. The lowest BCUT2D eigenvalue weighted by Crippen LogP contribution is -2.11. The minimum Gasteiger partial charge on any atom is -0.507 e. The minimum atomic E-state index is -0.658. The molecular formula is C10H14ClF2NO. The monoisotopic (exact) mass is 237 g/mol. The molecular weight excluding hydrogens is 224 g/mol. The van der Waals surface area contributed by atoms with Gasteiger partial charge in [-0.25, -0.2) is 4.39 Å². The fourth-order valence-corrected chi connectivity index (χ4v) is 1.32. The highest BCUT2D eigenvalue weighted by atomic mass is 35.5. The zero-order valence-corrected chi connectivity index (χ0v) is 9.15. The fourth-order valence-electron chi connectivity index (χ4n) is 1.32. The second-order valence-corrected chi connectivity index (χ2v) is 3.24. The van der Waals surface area contributed by atoms with Gasteiger partial charge in [-0.15, -0.1) is 12.4 Å². The second kappa shape index (κ2) is 5.88. The number of phenols is 1. The van der Waals surface area contributed by atoms with Crippen LogP contribution >= 0.6 is 12.4 Å². The van der Waals surface area contributed by atoms with Crippen molar-refractivity contribution >= 4 is 12.4 Å². The molecule has 0 aromatic heterocycles. The summed E-state index contributed by atoms with van der Waals surface area (Å²) in [6.45, 7) is 0.986. The predicted molar refractivity (Wildman–Crippen MR) is 57.6 cm³/mol. The van der Waals surface area contributed by atoms with E-state index >= 15 is 0 Å². The number of aromatic hydroxyl groups is 1. The van der Waals surface area contributed by atoms with Gasteiger partial charge in [-0.2, -0.15) is 0 Å². The molecule has 0 fully saturated rings. The van der Waals surface area contributed by atoms with E-state index in [2.05, 4.69) is 0 Å². The van der Waals surface area contributed by atoms with Crippen LogP contribution in [-0.2, 0) is 0 Å². The summed E-state index contributed by atoms with van der Waals surface area (Å²) in [4.78, 5) is 0. The SMILES string of the molecule is Cc1cc(F)cc([C@@H](N)CCF)c1O.Cl. The third-order valence-corrected chi connectivity index (χ3v) is 2.11. The highest BCUT2D eigenvalue weighted by Crippen LogP contribution is 2.29. The number of halogens is 3. The lowest BCUT2D eigenvalue weighted by atomic mass is 10.0. The van der Waals surface area contributed by atoms with Crippen LogP contribution in [0.15, 0.2) is 12.1 Å². The van der Waals surface area contributed by atoms with E-state index in [0.717, 1.165) is 6.07 Å². The first-order chi connectivity index (χ1) is 6.56. The fraction of sp³-hybridized carbons (Fsp3) is 0.400. The molecule has 1 aromatic carbocycles. The van der Waals surface area contributed by atoms with Crippen molar-refractivity contribution in [2.75, 3.05) is 6.67 Å². The number of hydrogen-bond donors (Lipinski definition) is 2. The summed E-state index contributed by atoms with van der Waals surface area (Å²) >= 11 is 0. The number of hydrogen-bond acceptors (Lipinski definition) is 2. The average molecular weight is 238 g/mol. The minimum absolute atomic E-state index is 0. The van der Waals surface area contributed by atoms with Crippen molar-refractivity contribution in [3.8, 4) is 5.75 Å². The maximum absolute atomic E-state index is 12.9. The quantitative estimate of drug-likeness (QED) is 0.849. The van der Waals surface area contributed by atoms with Crippen molar-refractivity contribution in [1.82, 2.24) is 0 Å². The van der Waals surface area contributed by atoms with Gasteiger partial charge < -0.3 is 10.8 Å². The van der Waals surface area contributed by atoms with Crippen LogP contribution < -0.4 is 5.73 Å². The molecule has 0 saturated carbocycles. The summed E-state index contributed by atoms with van der Waals surface area (Å²) in [6, 6.07) is 1.69. The summed E-state index contributed by atoms with van der Waals surface area (Å²) in [5.41, 5.74) is 6.25. The number of alkyl halides is 1. The van der Waals surface area contributed by atoms with E-state index in [-0.39, 0.29) is 30.1 Å². The smallest absolute Gasteiger partial charge is 0.124 e. The summed E-state index contributed by atoms with van der Waals surface area (Å²) < 4.78 is 25.0. The molecule has 15 heavy (non-hydrogen) atoms. The molecule has 2 nitrogen and oxygen atoms in total. The number of rotatable bonds is 3. The van der Waals surface area contributed by atoms with Gasteiger partial charge in [0.1, 0.15) is 11.6 Å². The Morgan fingerprint density at radius 2 is 2.07 bits per heavy atom. The molecule has 1 rings (SSSR count). The number of benzene rings is 1. The highest BCUT2D eigenvalue weighted by Gasteiger charge is 2.13. The Morgan fingerprint density at radius 3 is 2.60 bits per heavy atom. The number of phenolic OH excluding ortho intramolecular Hbond substituents is 1. The molecule has 0 bridgehead atoms. The van der Waals surface area contributed by atoms with Crippen LogP contribution in [0, 0.1) is 12.7 Å². The first kappa shape index (κ1) is 14.1. The van der Waals surface area contributed by atoms with Gasteiger partial charge in [0.25, 0.3) is 0 Å². The standard InChI is InChI=1S/C10H13F2NO.ClH/c1-6-4-7(12)5-8(10(6)14)9(13)2-3-11;/h4-5,9,14H,2-3,13H2,1H3;1H/t9-;/m0./s1. The maximum Gasteiger partial charge on any atom is 0.124 e. The van der Waals surface area contributed by atoms with Gasteiger partial charge in [-0.3, -0.25) is 4.39 Å². The van der Waals surface area contributed by atoms with Crippen molar-refractivity contribution in [1.29, 1.82) is 0 Å².